The van der Waals surface area contributed by atoms with Gasteiger partial charge in [-0.3, -0.25) is 0 Å². The van der Waals surface area contributed by atoms with Gasteiger partial charge in [0.25, 0.3) is 0 Å². The number of likely N-dealkylation sites (N-methyl/N-ethyl adjacent to an activating group) is 2. The van der Waals surface area contributed by atoms with E-state index in [1.54, 1.807) is 19.2 Å². The molecule has 0 amide bonds. The second-order valence-electron chi connectivity index (χ2n) is 6.33. The number of methoxy groups -OCH3 is 1. The predicted octanol–water partition coefficient (Wildman–Crippen LogP) is 4.30. The van der Waals surface area contributed by atoms with E-state index in [2.05, 4.69) is 30.0 Å². The monoisotopic (exact) mass is 348 g/mol. The Morgan fingerprint density at radius 3 is 2.67 bits per heavy atom. The summed E-state index contributed by atoms with van der Waals surface area (Å²) in [6, 6.07) is 11.3. The van der Waals surface area contributed by atoms with Gasteiger partial charge >= 0.3 is 0 Å². The molecule has 2 aromatic carbocycles. The SMILES string of the molecule is COc1ccc(N(C)[C@@H]2CCN(C)C2)c(-c2ccc(F)c(Cl)c2)c1. The lowest BCUT2D eigenvalue weighted by molar-refractivity contribution is 0.409. The lowest BCUT2D eigenvalue weighted by Crippen LogP contribution is -2.34. The Balaban J connectivity index is 2.04. The van der Waals surface area contributed by atoms with Crippen molar-refractivity contribution in [1.29, 1.82) is 0 Å². The third-order valence-corrected chi connectivity index (χ3v) is 5.02. The highest BCUT2D eigenvalue weighted by atomic mass is 35.5. The molecule has 0 aliphatic carbocycles. The van der Waals surface area contributed by atoms with E-state index < -0.39 is 5.82 Å². The maximum absolute atomic E-state index is 13.5. The minimum Gasteiger partial charge on any atom is -0.497 e. The summed E-state index contributed by atoms with van der Waals surface area (Å²) in [7, 11) is 5.90. The van der Waals surface area contributed by atoms with Gasteiger partial charge in [0.05, 0.1) is 12.1 Å². The largest absolute Gasteiger partial charge is 0.497 e. The zero-order chi connectivity index (χ0) is 17.3. The highest BCUT2D eigenvalue weighted by Crippen LogP contribution is 2.37. The third-order valence-electron chi connectivity index (χ3n) is 4.73. The Bertz CT molecular complexity index is 737. The first-order valence-electron chi connectivity index (χ1n) is 8.04. The number of likely N-dealkylation sites (tertiary alicyclic amines) is 1. The summed E-state index contributed by atoms with van der Waals surface area (Å²) in [5.74, 6) is 0.363. The molecule has 0 radical (unpaired) electrons. The predicted molar refractivity (Wildman–Crippen MR) is 97.7 cm³/mol. The van der Waals surface area contributed by atoms with E-state index in [9.17, 15) is 4.39 Å². The smallest absolute Gasteiger partial charge is 0.141 e. The fraction of sp³-hybridized carbons (Fsp3) is 0.368. The van der Waals surface area contributed by atoms with E-state index in [1.165, 1.54) is 6.07 Å². The van der Waals surface area contributed by atoms with Crippen molar-refractivity contribution in [2.24, 2.45) is 0 Å². The lowest BCUT2D eigenvalue weighted by atomic mass is 10.0. The van der Waals surface area contributed by atoms with Crippen LogP contribution in [0, 0.1) is 5.82 Å². The summed E-state index contributed by atoms with van der Waals surface area (Å²) in [6.45, 7) is 2.13. The van der Waals surface area contributed by atoms with Crippen molar-refractivity contribution in [1.82, 2.24) is 4.90 Å². The molecule has 1 fully saturated rings. The van der Waals surface area contributed by atoms with Crippen LogP contribution < -0.4 is 9.64 Å². The van der Waals surface area contributed by atoms with Crippen LogP contribution in [0.15, 0.2) is 36.4 Å². The van der Waals surface area contributed by atoms with Crippen LogP contribution in [0.25, 0.3) is 11.1 Å². The van der Waals surface area contributed by atoms with Crippen LogP contribution in [0.1, 0.15) is 6.42 Å². The summed E-state index contributed by atoms with van der Waals surface area (Å²) in [5.41, 5.74) is 2.97. The summed E-state index contributed by atoms with van der Waals surface area (Å²) < 4.78 is 18.9. The van der Waals surface area contributed by atoms with Crippen molar-refractivity contribution in [2.75, 3.05) is 39.2 Å². The van der Waals surface area contributed by atoms with E-state index in [1.807, 2.05) is 12.1 Å². The number of hydrogen-bond acceptors (Lipinski definition) is 3. The van der Waals surface area contributed by atoms with E-state index in [-0.39, 0.29) is 5.02 Å². The quantitative estimate of drug-likeness (QED) is 0.819. The summed E-state index contributed by atoms with van der Waals surface area (Å²) >= 11 is 5.99. The van der Waals surface area contributed by atoms with Gasteiger partial charge in [-0.1, -0.05) is 17.7 Å². The van der Waals surface area contributed by atoms with Gasteiger partial charge in [-0.25, -0.2) is 4.39 Å². The van der Waals surface area contributed by atoms with Gasteiger partial charge in [-0.2, -0.15) is 0 Å². The second kappa shape index (κ2) is 6.99. The molecule has 2 aromatic rings. The normalized spacial score (nSPS) is 18.0. The molecule has 1 saturated heterocycles. The molecule has 0 bridgehead atoms. The number of nitrogens with zero attached hydrogens (tertiary/aromatic N) is 2. The third kappa shape index (κ3) is 3.35. The zero-order valence-corrected chi connectivity index (χ0v) is 15.0. The number of ether oxygens (including phenoxy) is 1. The maximum atomic E-state index is 13.5. The van der Waals surface area contributed by atoms with Gasteiger partial charge in [0.2, 0.25) is 0 Å². The molecular weight excluding hydrogens is 327 g/mol. The number of rotatable bonds is 4. The Morgan fingerprint density at radius 2 is 2.04 bits per heavy atom. The first-order valence-corrected chi connectivity index (χ1v) is 8.42. The van der Waals surface area contributed by atoms with Crippen molar-refractivity contribution in [3.8, 4) is 16.9 Å². The van der Waals surface area contributed by atoms with Gasteiger partial charge in [-0.05, 0) is 55.9 Å². The average molecular weight is 349 g/mol. The van der Waals surface area contributed by atoms with Gasteiger partial charge in [0.15, 0.2) is 0 Å². The number of anilines is 1. The lowest BCUT2D eigenvalue weighted by Gasteiger charge is -2.29. The van der Waals surface area contributed by atoms with Gasteiger partial charge in [-0.15, -0.1) is 0 Å². The molecule has 1 aliphatic rings. The van der Waals surface area contributed by atoms with Gasteiger partial charge in [0.1, 0.15) is 11.6 Å². The van der Waals surface area contributed by atoms with E-state index in [0.717, 1.165) is 42.1 Å². The van der Waals surface area contributed by atoms with Crippen LogP contribution >= 0.6 is 11.6 Å². The standard InChI is InChI=1S/C19H22ClFN2O/c1-22-9-8-14(12-22)23(2)19-7-5-15(24-3)11-16(19)13-4-6-18(21)17(20)10-13/h4-7,10-11,14H,8-9,12H2,1-3H3/t14-/m1/s1. The highest BCUT2D eigenvalue weighted by Gasteiger charge is 2.25. The van der Waals surface area contributed by atoms with Crippen LogP contribution in [0.4, 0.5) is 10.1 Å². The molecule has 3 rings (SSSR count). The molecule has 1 heterocycles. The summed E-state index contributed by atoms with van der Waals surface area (Å²) in [4.78, 5) is 4.63. The zero-order valence-electron chi connectivity index (χ0n) is 14.2. The van der Waals surface area contributed by atoms with Crippen LogP contribution in [-0.2, 0) is 0 Å². The number of benzene rings is 2. The van der Waals surface area contributed by atoms with Crippen molar-refractivity contribution < 1.29 is 9.13 Å². The van der Waals surface area contributed by atoms with Crippen LogP contribution in [0.2, 0.25) is 5.02 Å². The Kier molecular flexibility index (Phi) is 4.97. The van der Waals surface area contributed by atoms with Crippen LogP contribution in [0.5, 0.6) is 5.75 Å². The second-order valence-corrected chi connectivity index (χ2v) is 6.73. The molecular formula is C19H22ClFN2O. The summed E-state index contributed by atoms with van der Waals surface area (Å²) in [6.07, 6.45) is 1.13. The molecule has 0 N–H and O–H groups in total. The molecule has 0 spiro atoms. The minimum absolute atomic E-state index is 0.129. The number of hydrogen-bond donors (Lipinski definition) is 0. The molecule has 24 heavy (non-hydrogen) atoms. The molecule has 128 valence electrons. The van der Waals surface area contributed by atoms with Gasteiger partial charge < -0.3 is 14.5 Å². The fourth-order valence-corrected chi connectivity index (χ4v) is 3.45. The summed E-state index contributed by atoms with van der Waals surface area (Å²) in [5, 5.41) is 0.129. The first-order chi connectivity index (χ1) is 11.5. The maximum Gasteiger partial charge on any atom is 0.141 e. The molecule has 0 saturated carbocycles. The highest BCUT2D eigenvalue weighted by molar-refractivity contribution is 6.31. The fourth-order valence-electron chi connectivity index (χ4n) is 3.27. The molecule has 0 unspecified atom stereocenters. The average Bonchev–Trinajstić information content (AvgIpc) is 3.02. The Morgan fingerprint density at radius 1 is 1.25 bits per heavy atom. The topological polar surface area (TPSA) is 15.7 Å². The van der Waals surface area contributed by atoms with Gasteiger partial charge in [0, 0.05) is 30.9 Å². The van der Waals surface area contributed by atoms with Crippen molar-refractivity contribution in [2.45, 2.75) is 12.5 Å². The molecule has 1 aliphatic heterocycles. The van der Waals surface area contributed by atoms with E-state index in [0.29, 0.717) is 6.04 Å². The molecule has 1 atom stereocenters. The Labute approximate surface area is 147 Å². The molecule has 0 aromatic heterocycles. The van der Waals surface area contributed by atoms with E-state index in [4.69, 9.17) is 16.3 Å². The van der Waals surface area contributed by atoms with E-state index >= 15 is 0 Å². The Hall–Kier alpha value is -1.78. The van der Waals surface area contributed by atoms with Crippen molar-refractivity contribution in [3.63, 3.8) is 0 Å². The van der Waals surface area contributed by atoms with Crippen molar-refractivity contribution >= 4 is 17.3 Å². The van der Waals surface area contributed by atoms with Crippen LogP contribution in [0.3, 0.4) is 0 Å². The first kappa shape index (κ1) is 17.1. The van der Waals surface area contributed by atoms with Crippen molar-refractivity contribution in [3.05, 3.63) is 47.2 Å². The number of halogens is 2. The molecule has 3 nitrogen and oxygen atoms in total. The van der Waals surface area contributed by atoms with Crippen LogP contribution in [-0.4, -0.2) is 45.2 Å². The minimum atomic E-state index is -0.407. The molecule has 5 heteroatoms.